The molecule has 1 aromatic heterocycles. The highest BCUT2D eigenvalue weighted by molar-refractivity contribution is 6.32. The summed E-state index contributed by atoms with van der Waals surface area (Å²) in [6.45, 7) is 9.42. The van der Waals surface area contributed by atoms with Gasteiger partial charge in [-0.15, -0.1) is 0 Å². The number of hydrogen-bond donors (Lipinski definition) is 0. The van der Waals surface area contributed by atoms with Crippen LogP contribution in [0.25, 0.3) is 0 Å². The Balaban J connectivity index is 1.41. The predicted molar refractivity (Wildman–Crippen MR) is 119 cm³/mol. The molecule has 1 saturated heterocycles. The topological polar surface area (TPSA) is 64.4 Å². The quantitative estimate of drug-likeness (QED) is 0.639. The summed E-state index contributed by atoms with van der Waals surface area (Å²) in [7, 11) is 0. The van der Waals surface area contributed by atoms with Gasteiger partial charge in [-0.3, -0.25) is 4.79 Å². The van der Waals surface area contributed by atoms with Crippen LogP contribution in [-0.2, 0) is 16.1 Å². The van der Waals surface area contributed by atoms with E-state index in [9.17, 15) is 9.59 Å². The normalized spacial score (nSPS) is 24.3. The third-order valence-electron chi connectivity index (χ3n) is 6.51. The number of esters is 1. The Morgan fingerprint density at radius 1 is 1.19 bits per heavy atom. The smallest absolute Gasteiger partial charge is 0.343 e. The second-order valence-corrected chi connectivity index (χ2v) is 10.6. The number of halogens is 1. The largest absolute Gasteiger partial charge is 0.452 e. The standard InChI is InChI=1S/C24H30ClN3O3/c1-16-20(21(25)28(26-16)12-17-8-6-5-7-9-17)22(30)31-13-19(29)27-15-24(4)11-18(27)10-23(2,3)14-24/h5-9,18H,10-15H2,1-4H3/t18-,24-/m1/s1. The number of aryl methyl sites for hydroxylation is 1. The lowest BCUT2D eigenvalue weighted by Crippen LogP contribution is -2.39. The minimum atomic E-state index is -0.608. The molecular weight excluding hydrogens is 414 g/mol. The summed E-state index contributed by atoms with van der Waals surface area (Å²) in [6, 6.07) is 9.98. The Bertz CT molecular complexity index is 1000. The molecule has 2 atom stereocenters. The van der Waals surface area contributed by atoms with E-state index < -0.39 is 5.97 Å². The van der Waals surface area contributed by atoms with E-state index in [1.165, 1.54) is 0 Å². The van der Waals surface area contributed by atoms with Gasteiger partial charge in [0.1, 0.15) is 10.7 Å². The summed E-state index contributed by atoms with van der Waals surface area (Å²) in [6.07, 6.45) is 3.11. The van der Waals surface area contributed by atoms with Crippen LogP contribution in [0.3, 0.4) is 0 Å². The molecular formula is C24H30ClN3O3. The maximum absolute atomic E-state index is 12.9. The minimum absolute atomic E-state index is 0.134. The van der Waals surface area contributed by atoms with Gasteiger partial charge in [-0.2, -0.15) is 5.10 Å². The van der Waals surface area contributed by atoms with Crippen LogP contribution >= 0.6 is 11.6 Å². The summed E-state index contributed by atoms with van der Waals surface area (Å²) in [5.74, 6) is -0.742. The Morgan fingerprint density at radius 3 is 2.61 bits per heavy atom. The van der Waals surface area contributed by atoms with E-state index in [2.05, 4.69) is 25.9 Å². The van der Waals surface area contributed by atoms with Gasteiger partial charge in [-0.1, -0.05) is 62.7 Å². The molecule has 1 aliphatic carbocycles. The summed E-state index contributed by atoms with van der Waals surface area (Å²) >= 11 is 6.44. The first-order valence-corrected chi connectivity index (χ1v) is 11.2. The van der Waals surface area contributed by atoms with E-state index in [0.29, 0.717) is 12.2 Å². The zero-order chi connectivity index (χ0) is 22.4. The van der Waals surface area contributed by atoms with Crippen molar-refractivity contribution in [2.24, 2.45) is 10.8 Å². The summed E-state index contributed by atoms with van der Waals surface area (Å²) in [4.78, 5) is 27.5. The van der Waals surface area contributed by atoms with E-state index >= 15 is 0 Å². The lowest BCUT2D eigenvalue weighted by molar-refractivity contribution is -0.135. The average molecular weight is 444 g/mol. The second-order valence-electron chi connectivity index (χ2n) is 10.2. The van der Waals surface area contributed by atoms with E-state index in [1.807, 2.05) is 35.2 Å². The van der Waals surface area contributed by atoms with Crippen LogP contribution in [-0.4, -0.2) is 45.8 Å². The number of amides is 1. The van der Waals surface area contributed by atoms with Crippen molar-refractivity contribution in [2.75, 3.05) is 13.2 Å². The van der Waals surface area contributed by atoms with Gasteiger partial charge in [-0.05, 0) is 42.6 Å². The molecule has 1 aliphatic heterocycles. The SMILES string of the molecule is Cc1nn(Cc2ccccc2)c(Cl)c1C(=O)OCC(=O)N1C[C@]2(C)C[C@H]1CC(C)(C)C2. The van der Waals surface area contributed by atoms with Gasteiger partial charge in [0.15, 0.2) is 6.61 Å². The summed E-state index contributed by atoms with van der Waals surface area (Å²) in [5.41, 5.74) is 2.10. The third kappa shape index (κ3) is 4.49. The molecule has 0 radical (unpaired) electrons. The van der Waals surface area contributed by atoms with Crippen LogP contribution in [0.4, 0.5) is 0 Å². The molecule has 31 heavy (non-hydrogen) atoms. The zero-order valence-electron chi connectivity index (χ0n) is 18.7. The molecule has 1 amide bonds. The highest BCUT2D eigenvalue weighted by Gasteiger charge is 2.51. The number of benzene rings is 1. The average Bonchev–Trinajstić information content (AvgIpc) is 3.11. The molecule has 0 spiro atoms. The fourth-order valence-corrected chi connectivity index (χ4v) is 5.99. The zero-order valence-corrected chi connectivity index (χ0v) is 19.4. The summed E-state index contributed by atoms with van der Waals surface area (Å²) in [5, 5.41) is 4.62. The van der Waals surface area contributed by atoms with E-state index in [1.54, 1.807) is 11.6 Å². The van der Waals surface area contributed by atoms with Crippen molar-refractivity contribution in [3.8, 4) is 0 Å². The molecule has 4 rings (SSSR count). The Hall–Kier alpha value is -2.34. The molecule has 166 valence electrons. The minimum Gasteiger partial charge on any atom is -0.452 e. The lowest BCUT2D eigenvalue weighted by atomic mass is 9.65. The molecule has 1 aromatic carbocycles. The molecule has 1 saturated carbocycles. The Labute approximate surface area is 188 Å². The molecule has 6 nitrogen and oxygen atoms in total. The first-order valence-electron chi connectivity index (χ1n) is 10.8. The van der Waals surface area contributed by atoms with E-state index in [0.717, 1.165) is 31.4 Å². The molecule has 2 aromatic rings. The third-order valence-corrected chi connectivity index (χ3v) is 6.89. The number of aromatic nitrogens is 2. The van der Waals surface area contributed by atoms with Crippen molar-refractivity contribution >= 4 is 23.5 Å². The predicted octanol–water partition coefficient (Wildman–Crippen LogP) is 4.48. The van der Waals surface area contributed by atoms with Crippen molar-refractivity contribution in [1.82, 2.24) is 14.7 Å². The number of carbonyl (C=O) groups excluding carboxylic acids is 2. The number of ether oxygens (including phenoxy) is 1. The Kier molecular flexibility index (Phi) is 5.63. The number of carbonyl (C=O) groups is 2. The van der Waals surface area contributed by atoms with Gasteiger partial charge in [0.25, 0.3) is 5.91 Å². The van der Waals surface area contributed by atoms with Crippen LogP contribution < -0.4 is 0 Å². The molecule has 2 bridgehead atoms. The number of fused-ring (bicyclic) bond motifs is 2. The van der Waals surface area contributed by atoms with Crippen molar-refractivity contribution < 1.29 is 14.3 Å². The maximum atomic E-state index is 12.9. The molecule has 7 heteroatoms. The number of rotatable bonds is 5. The number of hydrogen-bond acceptors (Lipinski definition) is 4. The van der Waals surface area contributed by atoms with Crippen molar-refractivity contribution in [3.63, 3.8) is 0 Å². The van der Waals surface area contributed by atoms with Crippen LogP contribution in [0.1, 0.15) is 61.6 Å². The van der Waals surface area contributed by atoms with Gasteiger partial charge in [-0.25, -0.2) is 9.48 Å². The van der Waals surface area contributed by atoms with E-state index in [4.69, 9.17) is 16.3 Å². The summed E-state index contributed by atoms with van der Waals surface area (Å²) < 4.78 is 6.97. The van der Waals surface area contributed by atoms with Crippen molar-refractivity contribution in [1.29, 1.82) is 0 Å². The van der Waals surface area contributed by atoms with Crippen LogP contribution in [0.15, 0.2) is 30.3 Å². The first kappa shape index (κ1) is 21.9. The molecule has 0 N–H and O–H groups in total. The fourth-order valence-electron chi connectivity index (χ4n) is 5.68. The number of likely N-dealkylation sites (tertiary alicyclic amines) is 1. The van der Waals surface area contributed by atoms with E-state index in [-0.39, 0.29) is 40.1 Å². The molecule has 2 fully saturated rings. The first-order chi connectivity index (χ1) is 14.6. The monoisotopic (exact) mass is 443 g/mol. The van der Waals surface area contributed by atoms with Gasteiger partial charge in [0, 0.05) is 12.6 Å². The van der Waals surface area contributed by atoms with Gasteiger partial charge in [0.2, 0.25) is 0 Å². The van der Waals surface area contributed by atoms with Gasteiger partial charge >= 0.3 is 5.97 Å². The van der Waals surface area contributed by atoms with Crippen LogP contribution in [0, 0.1) is 17.8 Å². The highest BCUT2D eigenvalue weighted by atomic mass is 35.5. The molecule has 2 heterocycles. The second kappa shape index (κ2) is 7.97. The lowest BCUT2D eigenvalue weighted by Gasteiger charge is -2.39. The Morgan fingerprint density at radius 2 is 1.90 bits per heavy atom. The number of nitrogens with zero attached hydrogens (tertiary/aromatic N) is 3. The van der Waals surface area contributed by atoms with Crippen molar-refractivity contribution in [3.05, 3.63) is 52.3 Å². The molecule has 0 unspecified atom stereocenters. The van der Waals surface area contributed by atoms with Gasteiger partial charge < -0.3 is 9.64 Å². The molecule has 2 aliphatic rings. The van der Waals surface area contributed by atoms with Gasteiger partial charge in [0.05, 0.1) is 12.2 Å². The maximum Gasteiger partial charge on any atom is 0.343 e. The van der Waals surface area contributed by atoms with Crippen LogP contribution in [0.5, 0.6) is 0 Å². The fraction of sp³-hybridized carbons (Fsp3) is 0.542. The van der Waals surface area contributed by atoms with Crippen LogP contribution in [0.2, 0.25) is 5.15 Å². The van der Waals surface area contributed by atoms with Crippen molar-refractivity contribution in [2.45, 2.75) is 59.5 Å². The highest BCUT2D eigenvalue weighted by Crippen LogP contribution is 2.52.